The lowest BCUT2D eigenvalue weighted by atomic mass is 9.72. The minimum absolute atomic E-state index is 0.149. The number of aliphatic imine (C=N–C) groups is 1. The summed E-state index contributed by atoms with van der Waals surface area (Å²) >= 11 is 14.8. The van der Waals surface area contributed by atoms with E-state index >= 15 is 0 Å². The van der Waals surface area contributed by atoms with E-state index in [0.29, 0.717) is 33.0 Å². The van der Waals surface area contributed by atoms with Crippen molar-refractivity contribution in [2.45, 2.75) is 40.0 Å². The molecule has 0 aliphatic heterocycles. The highest BCUT2D eigenvalue weighted by Crippen LogP contribution is 2.45. The van der Waals surface area contributed by atoms with Gasteiger partial charge in [0.2, 0.25) is 0 Å². The molecule has 2 heterocycles. The summed E-state index contributed by atoms with van der Waals surface area (Å²) < 4.78 is 8.00. The number of thiophene rings is 1. The van der Waals surface area contributed by atoms with Crippen LogP contribution in [0.25, 0.3) is 11.3 Å². The number of nitrogens with one attached hydrogen (secondary N) is 1. The largest absolute Gasteiger partial charge is 0.455 e. The Kier molecular flexibility index (Phi) is 8.01. The van der Waals surface area contributed by atoms with Crippen LogP contribution in [0, 0.1) is 11.3 Å². The number of rotatable bonds is 5. The van der Waals surface area contributed by atoms with Crippen molar-refractivity contribution < 1.29 is 9.21 Å². The molecule has 2 aromatic carbocycles. The number of carbonyl (C=O) groups excluding carboxylic acids is 1. The summed E-state index contributed by atoms with van der Waals surface area (Å²) in [5.41, 5.74) is 3.63. The minimum atomic E-state index is -0.149. The molecule has 1 atom stereocenters. The predicted octanol–water partition coefficient (Wildman–Crippen LogP) is 10.3. The van der Waals surface area contributed by atoms with Gasteiger partial charge in [0.15, 0.2) is 0 Å². The quantitative estimate of drug-likeness (QED) is 0.214. The summed E-state index contributed by atoms with van der Waals surface area (Å²) in [6.07, 6.45) is 4.59. The van der Waals surface area contributed by atoms with E-state index in [1.807, 2.05) is 42.5 Å². The molecule has 0 bridgehead atoms. The Bertz CT molecular complexity index is 1520. The van der Waals surface area contributed by atoms with Gasteiger partial charge in [0.1, 0.15) is 16.5 Å². The van der Waals surface area contributed by atoms with Gasteiger partial charge in [0, 0.05) is 30.1 Å². The van der Waals surface area contributed by atoms with Crippen LogP contribution in [0.1, 0.15) is 53.8 Å². The van der Waals surface area contributed by atoms with Gasteiger partial charge >= 0.3 is 0 Å². The molecule has 4 nitrogen and oxygen atoms in total. The van der Waals surface area contributed by atoms with E-state index in [9.17, 15) is 4.79 Å². The number of amides is 1. The van der Waals surface area contributed by atoms with E-state index in [4.69, 9.17) is 21.0 Å². The van der Waals surface area contributed by atoms with Gasteiger partial charge in [-0.2, -0.15) is 0 Å². The summed E-state index contributed by atoms with van der Waals surface area (Å²) in [6, 6.07) is 16.9. The van der Waals surface area contributed by atoms with E-state index < -0.39 is 0 Å². The van der Waals surface area contributed by atoms with Crippen LogP contribution < -0.4 is 5.32 Å². The highest BCUT2D eigenvalue weighted by atomic mass is 79.9. The lowest BCUT2D eigenvalue weighted by molar-refractivity contribution is 0.102. The Morgan fingerprint density at radius 2 is 1.89 bits per heavy atom. The lowest BCUT2D eigenvalue weighted by Gasteiger charge is -2.33. The zero-order chi connectivity index (χ0) is 27.0. The summed E-state index contributed by atoms with van der Waals surface area (Å²) in [7, 11) is 0. The molecule has 4 aromatic rings. The van der Waals surface area contributed by atoms with Gasteiger partial charge in [0.05, 0.1) is 11.8 Å². The third-order valence-electron chi connectivity index (χ3n) is 6.93. The SMILES string of the molecule is CC(C)(C)[C@@H]1CCc2c(sc(N=Cc3ccc(-c4cc(Br)ccc4Br)o3)c2C(=O)Nc2ccc(Cl)cc2)C1. The van der Waals surface area contributed by atoms with E-state index in [1.54, 1.807) is 29.7 Å². The maximum absolute atomic E-state index is 13.6. The van der Waals surface area contributed by atoms with Crippen LogP contribution >= 0.6 is 54.8 Å². The van der Waals surface area contributed by atoms with Crippen LogP contribution in [0.5, 0.6) is 0 Å². The number of fused-ring (bicyclic) bond motifs is 1. The lowest BCUT2D eigenvalue weighted by Crippen LogP contribution is -2.27. The first-order valence-electron chi connectivity index (χ1n) is 12.4. The summed E-state index contributed by atoms with van der Waals surface area (Å²) in [6.45, 7) is 6.88. The molecule has 0 radical (unpaired) electrons. The van der Waals surface area contributed by atoms with Crippen LogP contribution in [-0.4, -0.2) is 12.1 Å². The monoisotopic (exact) mass is 672 g/mol. The van der Waals surface area contributed by atoms with Crippen molar-refractivity contribution in [1.82, 2.24) is 0 Å². The fourth-order valence-corrected chi connectivity index (χ4v) is 6.94. The molecule has 1 aliphatic rings. The highest BCUT2D eigenvalue weighted by Gasteiger charge is 2.33. The predicted molar refractivity (Wildman–Crippen MR) is 165 cm³/mol. The zero-order valence-electron chi connectivity index (χ0n) is 21.3. The van der Waals surface area contributed by atoms with Gasteiger partial charge in [-0.25, -0.2) is 4.99 Å². The Hall–Kier alpha value is -2.19. The molecule has 0 spiro atoms. The molecule has 0 saturated heterocycles. The number of benzene rings is 2. The molecule has 1 N–H and O–H groups in total. The van der Waals surface area contributed by atoms with Crippen molar-refractivity contribution in [3.63, 3.8) is 0 Å². The molecule has 1 amide bonds. The number of carbonyl (C=O) groups is 1. The van der Waals surface area contributed by atoms with Crippen LogP contribution in [0.4, 0.5) is 10.7 Å². The van der Waals surface area contributed by atoms with Gasteiger partial charge in [0.25, 0.3) is 5.91 Å². The van der Waals surface area contributed by atoms with Gasteiger partial charge in [-0.15, -0.1) is 11.3 Å². The molecule has 0 unspecified atom stereocenters. The minimum Gasteiger partial charge on any atom is -0.455 e. The molecule has 8 heteroatoms. The first-order chi connectivity index (χ1) is 18.1. The summed E-state index contributed by atoms with van der Waals surface area (Å²) in [5.74, 6) is 1.77. The fraction of sp³-hybridized carbons (Fsp3) is 0.267. The van der Waals surface area contributed by atoms with E-state index in [-0.39, 0.29) is 11.3 Å². The Morgan fingerprint density at radius 1 is 1.13 bits per heavy atom. The topological polar surface area (TPSA) is 54.6 Å². The van der Waals surface area contributed by atoms with Crippen molar-refractivity contribution in [2.75, 3.05) is 5.32 Å². The van der Waals surface area contributed by atoms with Gasteiger partial charge in [-0.3, -0.25) is 4.79 Å². The average Bonchev–Trinajstić information content (AvgIpc) is 3.49. The van der Waals surface area contributed by atoms with E-state index in [1.165, 1.54) is 4.88 Å². The van der Waals surface area contributed by atoms with Crippen LogP contribution in [0.15, 0.2) is 73.0 Å². The Labute approximate surface area is 248 Å². The van der Waals surface area contributed by atoms with Gasteiger partial charge in [-0.1, -0.05) is 64.2 Å². The van der Waals surface area contributed by atoms with E-state index in [2.05, 4.69) is 57.9 Å². The molecule has 0 fully saturated rings. The standard InChI is InChI=1S/C30H27Br2ClN2O2S/c1-30(2,3)17-4-11-22-26(14-17)38-29(27(22)28(36)35-20-8-6-19(33)7-9-20)34-16-21-10-13-25(37-21)23-15-18(31)5-12-24(23)32/h5-10,12-13,15-17H,4,11,14H2,1-3H3,(H,35,36)/t17-/m1/s1. The molecular weight excluding hydrogens is 648 g/mol. The summed E-state index contributed by atoms with van der Waals surface area (Å²) in [4.78, 5) is 19.6. The second-order valence-corrected chi connectivity index (χ2v) is 13.8. The molecule has 2 aromatic heterocycles. The zero-order valence-corrected chi connectivity index (χ0v) is 26.0. The summed E-state index contributed by atoms with van der Waals surface area (Å²) in [5, 5.41) is 4.37. The van der Waals surface area contributed by atoms with Crippen LogP contribution in [0.2, 0.25) is 5.02 Å². The van der Waals surface area contributed by atoms with Crippen molar-refractivity contribution in [3.05, 3.63) is 90.3 Å². The van der Waals surface area contributed by atoms with Crippen molar-refractivity contribution in [2.24, 2.45) is 16.3 Å². The second kappa shape index (κ2) is 11.1. The molecule has 196 valence electrons. The van der Waals surface area contributed by atoms with Gasteiger partial charge in [-0.05, 0) is 90.8 Å². The Balaban J connectivity index is 1.47. The average molecular weight is 675 g/mol. The van der Waals surface area contributed by atoms with Crippen molar-refractivity contribution in [1.29, 1.82) is 0 Å². The van der Waals surface area contributed by atoms with Crippen molar-refractivity contribution >= 4 is 77.6 Å². The Morgan fingerprint density at radius 3 is 2.63 bits per heavy atom. The van der Waals surface area contributed by atoms with Crippen molar-refractivity contribution in [3.8, 4) is 11.3 Å². The maximum Gasteiger partial charge on any atom is 0.259 e. The van der Waals surface area contributed by atoms with Crippen LogP contribution in [0.3, 0.4) is 0 Å². The maximum atomic E-state index is 13.6. The third-order valence-corrected chi connectivity index (χ3v) is 9.53. The molecule has 5 rings (SSSR count). The fourth-order valence-electron chi connectivity index (χ4n) is 4.74. The molecular formula is C30H27Br2ClN2O2S. The third kappa shape index (κ3) is 6.01. The normalized spacial score (nSPS) is 15.6. The van der Waals surface area contributed by atoms with E-state index in [0.717, 1.165) is 45.1 Å². The number of hydrogen-bond donors (Lipinski definition) is 1. The smallest absolute Gasteiger partial charge is 0.259 e. The number of furan rings is 1. The first kappa shape index (κ1) is 27.4. The first-order valence-corrected chi connectivity index (χ1v) is 15.2. The highest BCUT2D eigenvalue weighted by molar-refractivity contribution is 9.11. The van der Waals surface area contributed by atoms with Crippen LogP contribution in [-0.2, 0) is 12.8 Å². The molecule has 1 aliphatic carbocycles. The number of nitrogens with zero attached hydrogens (tertiary/aromatic N) is 1. The molecule has 0 saturated carbocycles. The van der Waals surface area contributed by atoms with Gasteiger partial charge < -0.3 is 9.73 Å². The number of anilines is 1. The number of hydrogen-bond acceptors (Lipinski definition) is 4. The second-order valence-electron chi connectivity index (χ2n) is 10.5. The number of halogens is 3. The molecule has 38 heavy (non-hydrogen) atoms.